The van der Waals surface area contributed by atoms with E-state index in [4.69, 9.17) is 14.9 Å². The zero-order chi connectivity index (χ0) is 14.4. The van der Waals surface area contributed by atoms with E-state index in [1.54, 1.807) is 0 Å². The number of nitrogens with zero attached hydrogens (tertiary/aromatic N) is 2. The summed E-state index contributed by atoms with van der Waals surface area (Å²) in [6, 6.07) is -0.691. The maximum atomic E-state index is 12.3. The van der Waals surface area contributed by atoms with Crippen LogP contribution in [0.1, 0.15) is 13.8 Å². The minimum absolute atomic E-state index is 0.110. The molecule has 0 aromatic rings. The average Bonchev–Trinajstić information content (AvgIpc) is 2.86. The Morgan fingerprint density at radius 3 is 2.42 bits per heavy atom. The van der Waals surface area contributed by atoms with Crippen molar-refractivity contribution >= 4 is 12.0 Å². The van der Waals surface area contributed by atoms with Gasteiger partial charge in [-0.1, -0.05) is 0 Å². The third-order valence-corrected chi connectivity index (χ3v) is 3.38. The Labute approximate surface area is 112 Å². The van der Waals surface area contributed by atoms with Crippen molar-refractivity contribution in [2.45, 2.75) is 19.9 Å². The SMILES string of the molecule is CCN(CCO)C(=O)N(CC)C1COCC1C(=O)O. The Balaban J connectivity index is 2.81. The van der Waals surface area contributed by atoms with Crippen molar-refractivity contribution in [1.29, 1.82) is 0 Å². The lowest BCUT2D eigenvalue weighted by Gasteiger charge is -2.34. The number of urea groups is 1. The molecule has 0 aromatic carbocycles. The van der Waals surface area contributed by atoms with Gasteiger partial charge in [0, 0.05) is 19.6 Å². The first kappa shape index (κ1) is 15.7. The van der Waals surface area contributed by atoms with E-state index in [0.717, 1.165) is 0 Å². The highest BCUT2D eigenvalue weighted by Crippen LogP contribution is 2.21. The van der Waals surface area contributed by atoms with Crippen molar-refractivity contribution < 1.29 is 24.5 Å². The van der Waals surface area contributed by atoms with E-state index in [-0.39, 0.29) is 32.4 Å². The molecule has 1 aliphatic heterocycles. The fourth-order valence-electron chi connectivity index (χ4n) is 2.29. The van der Waals surface area contributed by atoms with E-state index in [9.17, 15) is 9.59 Å². The van der Waals surface area contributed by atoms with Gasteiger partial charge in [-0.15, -0.1) is 0 Å². The zero-order valence-electron chi connectivity index (χ0n) is 11.4. The molecule has 2 N–H and O–H groups in total. The Bertz CT molecular complexity index is 323. The van der Waals surface area contributed by atoms with Gasteiger partial charge in [-0.05, 0) is 13.8 Å². The predicted octanol–water partition coefficient (Wildman–Crippen LogP) is -0.158. The lowest BCUT2D eigenvalue weighted by Crippen LogP contribution is -2.52. The second-order valence-corrected chi connectivity index (χ2v) is 4.42. The van der Waals surface area contributed by atoms with Crippen LogP contribution in [0.4, 0.5) is 4.79 Å². The van der Waals surface area contributed by atoms with E-state index in [1.807, 2.05) is 13.8 Å². The predicted molar refractivity (Wildman–Crippen MR) is 67.8 cm³/mol. The number of hydrogen-bond donors (Lipinski definition) is 2. The van der Waals surface area contributed by atoms with Crippen LogP contribution in [-0.4, -0.2) is 77.5 Å². The van der Waals surface area contributed by atoms with Crippen molar-refractivity contribution in [3.63, 3.8) is 0 Å². The fourth-order valence-corrected chi connectivity index (χ4v) is 2.29. The summed E-state index contributed by atoms with van der Waals surface area (Å²) in [5.74, 6) is -1.63. The van der Waals surface area contributed by atoms with Crippen LogP contribution in [0.3, 0.4) is 0 Å². The van der Waals surface area contributed by atoms with Gasteiger partial charge in [-0.2, -0.15) is 0 Å². The molecule has 0 aliphatic carbocycles. The fraction of sp³-hybridized carbons (Fsp3) is 0.833. The van der Waals surface area contributed by atoms with Gasteiger partial charge >= 0.3 is 12.0 Å². The summed E-state index contributed by atoms with van der Waals surface area (Å²) in [5.41, 5.74) is 0. The largest absolute Gasteiger partial charge is 0.481 e. The normalized spacial score (nSPS) is 22.3. The first-order chi connectivity index (χ1) is 9.06. The number of hydrogen-bond acceptors (Lipinski definition) is 4. The van der Waals surface area contributed by atoms with Crippen molar-refractivity contribution in [3.8, 4) is 0 Å². The molecule has 19 heavy (non-hydrogen) atoms. The van der Waals surface area contributed by atoms with Crippen LogP contribution in [0.5, 0.6) is 0 Å². The number of amides is 2. The second kappa shape index (κ2) is 7.30. The average molecular weight is 274 g/mol. The quantitative estimate of drug-likeness (QED) is 0.702. The molecule has 0 saturated carbocycles. The lowest BCUT2D eigenvalue weighted by atomic mass is 10.0. The number of likely N-dealkylation sites (N-methyl/N-ethyl adjacent to an activating group) is 2. The molecule has 2 unspecified atom stereocenters. The van der Waals surface area contributed by atoms with Gasteiger partial charge in [-0.3, -0.25) is 4.79 Å². The van der Waals surface area contributed by atoms with Gasteiger partial charge in [0.05, 0.1) is 25.9 Å². The topological polar surface area (TPSA) is 90.3 Å². The van der Waals surface area contributed by atoms with Gasteiger partial charge in [0.15, 0.2) is 0 Å². The summed E-state index contributed by atoms with van der Waals surface area (Å²) in [5, 5.41) is 18.1. The Morgan fingerprint density at radius 2 is 1.95 bits per heavy atom. The third-order valence-electron chi connectivity index (χ3n) is 3.38. The number of aliphatic carboxylic acids is 1. The van der Waals surface area contributed by atoms with Gasteiger partial charge in [0.1, 0.15) is 5.92 Å². The number of ether oxygens (including phenoxy) is 1. The van der Waals surface area contributed by atoms with Crippen LogP contribution in [0.2, 0.25) is 0 Å². The van der Waals surface area contributed by atoms with Crippen LogP contribution >= 0.6 is 0 Å². The molecule has 1 aliphatic rings. The van der Waals surface area contributed by atoms with Crippen LogP contribution in [0.15, 0.2) is 0 Å². The summed E-state index contributed by atoms with van der Waals surface area (Å²) in [6.07, 6.45) is 0. The molecule has 1 heterocycles. The summed E-state index contributed by atoms with van der Waals surface area (Å²) in [4.78, 5) is 26.5. The van der Waals surface area contributed by atoms with E-state index in [1.165, 1.54) is 9.80 Å². The molecule has 1 rings (SSSR count). The molecular formula is C12H22N2O5. The standard InChI is InChI=1S/C12H22N2O5/c1-3-13(5-6-15)12(18)14(4-2)10-8-19-7-9(10)11(16)17/h9-10,15H,3-8H2,1-2H3,(H,16,17). The van der Waals surface area contributed by atoms with Crippen molar-refractivity contribution in [1.82, 2.24) is 9.80 Å². The highest BCUT2D eigenvalue weighted by molar-refractivity contribution is 5.77. The van der Waals surface area contributed by atoms with E-state index in [2.05, 4.69) is 0 Å². The maximum Gasteiger partial charge on any atom is 0.320 e. The first-order valence-electron chi connectivity index (χ1n) is 6.53. The Hall–Kier alpha value is -1.34. The zero-order valence-corrected chi connectivity index (χ0v) is 11.4. The number of rotatable bonds is 6. The minimum Gasteiger partial charge on any atom is -0.481 e. The molecular weight excluding hydrogens is 252 g/mol. The monoisotopic (exact) mass is 274 g/mol. The highest BCUT2D eigenvalue weighted by Gasteiger charge is 2.40. The van der Waals surface area contributed by atoms with Crippen molar-refractivity contribution in [2.24, 2.45) is 5.92 Å². The highest BCUT2D eigenvalue weighted by atomic mass is 16.5. The number of carbonyl (C=O) groups excluding carboxylic acids is 1. The van der Waals surface area contributed by atoms with Gasteiger partial charge < -0.3 is 24.7 Å². The summed E-state index contributed by atoms with van der Waals surface area (Å²) in [7, 11) is 0. The molecule has 7 heteroatoms. The molecule has 1 fully saturated rings. The Morgan fingerprint density at radius 1 is 1.26 bits per heavy atom. The number of aliphatic hydroxyl groups is 1. The first-order valence-corrected chi connectivity index (χ1v) is 6.53. The van der Waals surface area contributed by atoms with Crippen LogP contribution in [0, 0.1) is 5.92 Å². The number of carboxylic acids is 1. The molecule has 0 bridgehead atoms. The molecule has 7 nitrogen and oxygen atoms in total. The number of aliphatic hydroxyl groups excluding tert-OH is 1. The van der Waals surface area contributed by atoms with Crippen LogP contribution in [0.25, 0.3) is 0 Å². The summed E-state index contributed by atoms with van der Waals surface area (Å²) < 4.78 is 5.19. The van der Waals surface area contributed by atoms with Crippen LogP contribution in [-0.2, 0) is 9.53 Å². The molecule has 0 aromatic heterocycles. The van der Waals surface area contributed by atoms with Gasteiger partial charge in [0.2, 0.25) is 0 Å². The molecule has 1 saturated heterocycles. The Kier molecular flexibility index (Phi) is 6.04. The molecule has 0 spiro atoms. The minimum atomic E-state index is -0.945. The maximum absolute atomic E-state index is 12.3. The van der Waals surface area contributed by atoms with Crippen molar-refractivity contribution in [2.75, 3.05) is 39.5 Å². The third kappa shape index (κ3) is 3.57. The molecule has 2 amide bonds. The summed E-state index contributed by atoms with van der Waals surface area (Å²) in [6.45, 7) is 5.03. The van der Waals surface area contributed by atoms with E-state index >= 15 is 0 Å². The van der Waals surface area contributed by atoms with Crippen LogP contribution < -0.4 is 0 Å². The second-order valence-electron chi connectivity index (χ2n) is 4.42. The molecule has 110 valence electrons. The smallest absolute Gasteiger partial charge is 0.320 e. The van der Waals surface area contributed by atoms with Gasteiger partial charge in [0.25, 0.3) is 0 Å². The van der Waals surface area contributed by atoms with E-state index < -0.39 is 17.9 Å². The number of carbonyl (C=O) groups is 2. The number of carboxylic acid groups (broad SMARTS) is 1. The van der Waals surface area contributed by atoms with E-state index in [0.29, 0.717) is 13.1 Å². The molecule has 2 atom stereocenters. The lowest BCUT2D eigenvalue weighted by molar-refractivity contribution is -0.142. The van der Waals surface area contributed by atoms with Crippen molar-refractivity contribution in [3.05, 3.63) is 0 Å². The van der Waals surface area contributed by atoms with Gasteiger partial charge in [-0.25, -0.2) is 4.79 Å². The molecule has 0 radical (unpaired) electrons. The summed E-state index contributed by atoms with van der Waals surface area (Å²) >= 11 is 0.